The van der Waals surface area contributed by atoms with Crippen molar-refractivity contribution in [1.82, 2.24) is 4.98 Å². The molecule has 0 amide bonds. The quantitative estimate of drug-likeness (QED) is 0.395. The molecule has 126 valence electrons. The van der Waals surface area contributed by atoms with Gasteiger partial charge in [0, 0.05) is 28.6 Å². The van der Waals surface area contributed by atoms with Gasteiger partial charge >= 0.3 is 0 Å². The Morgan fingerprint density at radius 2 is 2.00 bits per heavy atom. The van der Waals surface area contributed by atoms with E-state index >= 15 is 0 Å². The Hall–Kier alpha value is -3.13. The second-order valence-electron chi connectivity index (χ2n) is 5.35. The number of benzene rings is 2. The molecule has 0 atom stereocenters. The number of azo groups is 1. The van der Waals surface area contributed by atoms with E-state index in [0.717, 1.165) is 11.3 Å². The number of nitrogens with zero attached hydrogens (tertiary/aromatic N) is 4. The minimum Gasteiger partial charge on any atom is -0.508 e. The van der Waals surface area contributed by atoms with Gasteiger partial charge in [0.25, 0.3) is 5.69 Å². The van der Waals surface area contributed by atoms with Gasteiger partial charge in [0.05, 0.1) is 17.2 Å². The maximum atomic E-state index is 10.8. The third kappa shape index (κ3) is 4.04. The second-order valence-corrected chi connectivity index (χ2v) is 6.19. The summed E-state index contributed by atoms with van der Waals surface area (Å²) in [6.45, 7) is 2.06. The number of phenols is 1. The molecule has 0 spiro atoms. The summed E-state index contributed by atoms with van der Waals surface area (Å²) in [5.74, 6) is -0.0518. The Kier molecular flexibility index (Phi) is 4.80. The van der Waals surface area contributed by atoms with Crippen molar-refractivity contribution in [2.24, 2.45) is 10.2 Å². The highest BCUT2D eigenvalue weighted by Gasteiger charge is 2.10. The van der Waals surface area contributed by atoms with Crippen LogP contribution >= 0.6 is 11.3 Å². The number of phenolic OH excluding ortho intramolecular Hbond substituents is 1. The van der Waals surface area contributed by atoms with E-state index in [2.05, 4.69) is 15.2 Å². The van der Waals surface area contributed by atoms with Gasteiger partial charge in [-0.25, -0.2) is 4.98 Å². The summed E-state index contributed by atoms with van der Waals surface area (Å²) >= 11 is 1.35. The molecule has 0 aliphatic carbocycles. The standard InChI is InChI=1S/C17H14N4O3S/c1-11-2-4-12(5-3-11)15-10-25-17(19-15)20-18-9-13-8-14(21(23)24)6-7-16(13)22/h2-8,10,22H,9H2,1H3. The number of nitro benzene ring substituents is 1. The number of aromatic hydroxyl groups is 1. The first-order valence-corrected chi connectivity index (χ1v) is 8.27. The molecule has 1 N–H and O–H groups in total. The van der Waals surface area contributed by atoms with Crippen molar-refractivity contribution < 1.29 is 10.0 Å². The highest BCUT2D eigenvalue weighted by atomic mass is 32.1. The molecule has 3 rings (SSSR count). The van der Waals surface area contributed by atoms with E-state index in [1.165, 1.54) is 35.1 Å². The zero-order chi connectivity index (χ0) is 17.8. The van der Waals surface area contributed by atoms with Gasteiger partial charge in [-0.1, -0.05) is 29.8 Å². The Balaban J connectivity index is 1.72. The van der Waals surface area contributed by atoms with Crippen LogP contribution in [-0.2, 0) is 6.54 Å². The van der Waals surface area contributed by atoms with Gasteiger partial charge in [-0.05, 0) is 13.0 Å². The number of rotatable bonds is 5. The van der Waals surface area contributed by atoms with Crippen LogP contribution in [0.2, 0.25) is 0 Å². The molecule has 0 unspecified atom stereocenters. The normalized spacial score (nSPS) is 11.1. The van der Waals surface area contributed by atoms with Crippen molar-refractivity contribution in [1.29, 1.82) is 0 Å². The zero-order valence-electron chi connectivity index (χ0n) is 13.3. The molecule has 0 radical (unpaired) electrons. The van der Waals surface area contributed by atoms with E-state index in [9.17, 15) is 15.2 Å². The Morgan fingerprint density at radius 1 is 1.24 bits per heavy atom. The van der Waals surface area contributed by atoms with Gasteiger partial charge in [0.15, 0.2) is 0 Å². The smallest absolute Gasteiger partial charge is 0.270 e. The topological polar surface area (TPSA) is 101 Å². The lowest BCUT2D eigenvalue weighted by atomic mass is 10.1. The predicted molar refractivity (Wildman–Crippen MR) is 95.3 cm³/mol. The Labute approximate surface area is 147 Å². The molecule has 25 heavy (non-hydrogen) atoms. The van der Waals surface area contributed by atoms with Crippen LogP contribution in [0.15, 0.2) is 58.1 Å². The zero-order valence-corrected chi connectivity index (χ0v) is 14.1. The third-order valence-electron chi connectivity index (χ3n) is 3.51. The third-order valence-corrected chi connectivity index (χ3v) is 4.24. The number of hydrogen-bond acceptors (Lipinski definition) is 7. The van der Waals surface area contributed by atoms with E-state index in [1.54, 1.807) is 0 Å². The number of thiazole rings is 1. The average Bonchev–Trinajstić information content (AvgIpc) is 3.06. The molecule has 1 heterocycles. The van der Waals surface area contributed by atoms with Gasteiger partial charge in [-0.15, -0.1) is 16.5 Å². The SMILES string of the molecule is Cc1ccc(-c2csc(N=NCc3cc([N+](=O)[O-])ccc3O)n2)cc1. The van der Waals surface area contributed by atoms with Gasteiger partial charge < -0.3 is 5.11 Å². The van der Waals surface area contributed by atoms with Gasteiger partial charge in [-0.2, -0.15) is 5.11 Å². The first-order chi connectivity index (χ1) is 12.0. The molecule has 0 fully saturated rings. The van der Waals surface area contributed by atoms with Crippen LogP contribution in [0.1, 0.15) is 11.1 Å². The molecule has 0 aliphatic heterocycles. The summed E-state index contributed by atoms with van der Waals surface area (Å²) < 4.78 is 0. The van der Waals surface area contributed by atoms with Crippen LogP contribution in [0.25, 0.3) is 11.3 Å². The molecule has 0 bridgehead atoms. The fourth-order valence-corrected chi connectivity index (χ4v) is 2.81. The summed E-state index contributed by atoms with van der Waals surface area (Å²) in [4.78, 5) is 14.7. The fraction of sp³-hybridized carbons (Fsp3) is 0.118. The predicted octanol–water partition coefficient (Wildman–Crippen LogP) is 5.02. The van der Waals surface area contributed by atoms with E-state index in [-0.39, 0.29) is 18.0 Å². The van der Waals surface area contributed by atoms with Crippen molar-refractivity contribution in [3.63, 3.8) is 0 Å². The molecular formula is C17H14N4O3S. The summed E-state index contributed by atoms with van der Waals surface area (Å²) in [5.41, 5.74) is 3.24. The lowest BCUT2D eigenvalue weighted by Crippen LogP contribution is -1.90. The number of aryl methyl sites for hydroxylation is 1. The number of hydrogen-bond donors (Lipinski definition) is 1. The van der Waals surface area contributed by atoms with Crippen LogP contribution < -0.4 is 0 Å². The molecule has 7 nitrogen and oxygen atoms in total. The molecule has 2 aromatic carbocycles. The fourth-order valence-electron chi connectivity index (χ4n) is 2.15. The van der Waals surface area contributed by atoms with E-state index in [4.69, 9.17) is 0 Å². The average molecular weight is 354 g/mol. The van der Waals surface area contributed by atoms with Gasteiger partial charge in [-0.3, -0.25) is 10.1 Å². The monoisotopic (exact) mass is 354 g/mol. The summed E-state index contributed by atoms with van der Waals surface area (Å²) in [6.07, 6.45) is 0. The summed E-state index contributed by atoms with van der Waals surface area (Å²) in [7, 11) is 0. The number of nitro groups is 1. The molecule has 3 aromatic rings. The molecule has 0 aliphatic rings. The van der Waals surface area contributed by atoms with Crippen molar-refractivity contribution >= 4 is 22.2 Å². The second kappa shape index (κ2) is 7.18. The van der Waals surface area contributed by atoms with Gasteiger partial charge in [0.2, 0.25) is 5.13 Å². The lowest BCUT2D eigenvalue weighted by Gasteiger charge is -2.00. The van der Waals surface area contributed by atoms with Gasteiger partial charge in [0.1, 0.15) is 5.75 Å². The first kappa shape index (κ1) is 16.7. The molecule has 0 saturated heterocycles. The van der Waals surface area contributed by atoms with Crippen molar-refractivity contribution in [2.75, 3.05) is 0 Å². The number of non-ortho nitro benzene ring substituents is 1. The van der Waals surface area contributed by atoms with E-state index < -0.39 is 4.92 Å². The minimum absolute atomic E-state index is 0.0347. The maximum absolute atomic E-state index is 10.8. The highest BCUT2D eigenvalue weighted by Crippen LogP contribution is 2.28. The van der Waals surface area contributed by atoms with Crippen molar-refractivity contribution in [2.45, 2.75) is 13.5 Å². The Bertz CT molecular complexity index is 935. The van der Waals surface area contributed by atoms with Crippen LogP contribution in [0.3, 0.4) is 0 Å². The van der Waals surface area contributed by atoms with Crippen LogP contribution in [-0.4, -0.2) is 15.0 Å². The molecule has 8 heteroatoms. The molecular weight excluding hydrogens is 340 g/mol. The summed E-state index contributed by atoms with van der Waals surface area (Å²) in [6, 6.07) is 11.8. The first-order valence-electron chi connectivity index (χ1n) is 7.39. The highest BCUT2D eigenvalue weighted by molar-refractivity contribution is 7.13. The largest absolute Gasteiger partial charge is 0.508 e. The maximum Gasteiger partial charge on any atom is 0.270 e. The molecule has 1 aromatic heterocycles. The van der Waals surface area contributed by atoms with Crippen LogP contribution in [0.4, 0.5) is 10.8 Å². The summed E-state index contributed by atoms with van der Waals surface area (Å²) in [5, 5.41) is 30.9. The lowest BCUT2D eigenvalue weighted by molar-refractivity contribution is -0.384. The van der Waals surface area contributed by atoms with E-state index in [1.807, 2.05) is 36.6 Å². The van der Waals surface area contributed by atoms with Crippen LogP contribution in [0, 0.1) is 17.0 Å². The van der Waals surface area contributed by atoms with Crippen molar-refractivity contribution in [3.05, 3.63) is 69.1 Å². The Morgan fingerprint density at radius 3 is 2.72 bits per heavy atom. The van der Waals surface area contributed by atoms with Crippen LogP contribution in [0.5, 0.6) is 5.75 Å². The van der Waals surface area contributed by atoms with Crippen molar-refractivity contribution in [3.8, 4) is 17.0 Å². The van der Waals surface area contributed by atoms with E-state index in [0.29, 0.717) is 10.7 Å². The minimum atomic E-state index is -0.519. The molecule has 0 saturated carbocycles. The number of aromatic nitrogens is 1.